The fraction of sp³-hybridized carbons (Fsp3) is 0.727. The number of fused-ring (bicyclic) bond motifs is 2. The van der Waals surface area contributed by atoms with Crippen LogP contribution in [0.15, 0.2) is 10.7 Å². The highest BCUT2D eigenvalue weighted by atomic mass is 16.3. The van der Waals surface area contributed by atoms with Crippen LogP contribution in [0, 0.1) is 6.92 Å². The molecule has 0 aromatic carbocycles. The van der Waals surface area contributed by atoms with E-state index in [1.165, 1.54) is 25.7 Å². The molecule has 3 heteroatoms. The van der Waals surface area contributed by atoms with Crippen LogP contribution in [0.25, 0.3) is 0 Å². The van der Waals surface area contributed by atoms with Crippen LogP contribution in [-0.4, -0.2) is 22.0 Å². The lowest BCUT2D eigenvalue weighted by molar-refractivity contribution is 0.241. The lowest BCUT2D eigenvalue weighted by atomic mass is 10.0. The number of hydrogen-bond donors (Lipinski definition) is 0. The Kier molecular flexibility index (Phi) is 1.87. The molecule has 0 amide bonds. The van der Waals surface area contributed by atoms with Crippen molar-refractivity contribution in [3.63, 3.8) is 0 Å². The van der Waals surface area contributed by atoms with Crippen LogP contribution in [0.3, 0.4) is 0 Å². The van der Waals surface area contributed by atoms with Crippen molar-refractivity contribution in [3.8, 4) is 0 Å². The molecule has 0 aliphatic carbocycles. The fourth-order valence-electron chi connectivity index (χ4n) is 2.95. The van der Waals surface area contributed by atoms with Gasteiger partial charge in [0.1, 0.15) is 6.26 Å². The third-order valence-electron chi connectivity index (χ3n) is 3.62. The summed E-state index contributed by atoms with van der Waals surface area (Å²) >= 11 is 0. The van der Waals surface area contributed by atoms with Crippen molar-refractivity contribution in [3.05, 3.63) is 17.8 Å². The van der Waals surface area contributed by atoms with Gasteiger partial charge in [-0.25, -0.2) is 4.98 Å². The summed E-state index contributed by atoms with van der Waals surface area (Å²) in [4.78, 5) is 6.97. The summed E-state index contributed by atoms with van der Waals surface area (Å²) < 4.78 is 5.23. The van der Waals surface area contributed by atoms with Crippen LogP contribution in [0.1, 0.15) is 37.3 Å². The molecule has 2 aliphatic rings. The van der Waals surface area contributed by atoms with Crippen molar-refractivity contribution < 1.29 is 4.42 Å². The Labute approximate surface area is 84.1 Å². The van der Waals surface area contributed by atoms with Gasteiger partial charge in [0.05, 0.1) is 5.69 Å². The summed E-state index contributed by atoms with van der Waals surface area (Å²) in [5, 5.41) is 0. The Hall–Kier alpha value is -0.830. The van der Waals surface area contributed by atoms with Gasteiger partial charge in [0.25, 0.3) is 0 Å². The fourth-order valence-corrected chi connectivity index (χ4v) is 2.95. The van der Waals surface area contributed by atoms with Crippen LogP contribution in [-0.2, 0) is 6.54 Å². The molecule has 0 N–H and O–H groups in total. The van der Waals surface area contributed by atoms with E-state index in [-0.39, 0.29) is 0 Å². The minimum atomic E-state index is 0.784. The molecule has 76 valence electrons. The molecule has 2 bridgehead atoms. The van der Waals surface area contributed by atoms with Crippen molar-refractivity contribution in [2.45, 2.75) is 51.2 Å². The van der Waals surface area contributed by atoms with Gasteiger partial charge in [0.15, 0.2) is 5.89 Å². The summed E-state index contributed by atoms with van der Waals surface area (Å²) in [5.41, 5.74) is 1.10. The van der Waals surface area contributed by atoms with E-state index in [2.05, 4.69) is 9.88 Å². The molecule has 1 aromatic rings. The number of rotatable bonds is 2. The highest BCUT2D eigenvalue weighted by molar-refractivity contribution is 5.01. The van der Waals surface area contributed by atoms with Crippen LogP contribution in [0.4, 0.5) is 0 Å². The van der Waals surface area contributed by atoms with Gasteiger partial charge in [0.2, 0.25) is 0 Å². The van der Waals surface area contributed by atoms with E-state index < -0.39 is 0 Å². The minimum Gasteiger partial charge on any atom is -0.449 e. The molecule has 2 saturated heterocycles. The van der Waals surface area contributed by atoms with Crippen molar-refractivity contribution in [1.82, 2.24) is 9.88 Å². The molecule has 2 aliphatic heterocycles. The maximum atomic E-state index is 5.23. The van der Waals surface area contributed by atoms with E-state index in [1.54, 1.807) is 6.26 Å². The van der Waals surface area contributed by atoms with Crippen LogP contribution in [0.2, 0.25) is 0 Å². The lowest BCUT2D eigenvalue weighted by Gasteiger charge is -2.19. The van der Waals surface area contributed by atoms with Gasteiger partial charge in [-0.2, -0.15) is 0 Å². The molecule has 0 atom stereocenters. The SMILES string of the molecule is Cc1nc(CN2C3CCC2CC3)co1. The molecule has 0 spiro atoms. The first-order chi connectivity index (χ1) is 6.83. The predicted octanol–water partition coefficient (Wildman–Crippen LogP) is 2.11. The van der Waals surface area contributed by atoms with Gasteiger partial charge in [-0.05, 0) is 25.7 Å². The third kappa shape index (κ3) is 1.27. The zero-order valence-electron chi connectivity index (χ0n) is 8.57. The second kappa shape index (κ2) is 3.09. The number of oxazole rings is 1. The normalized spacial score (nSPS) is 31.5. The molecule has 2 fully saturated rings. The zero-order chi connectivity index (χ0) is 9.54. The molecule has 0 radical (unpaired) electrons. The second-order valence-electron chi connectivity index (χ2n) is 4.49. The molecule has 1 aromatic heterocycles. The molecule has 3 heterocycles. The molecular weight excluding hydrogens is 176 g/mol. The van der Waals surface area contributed by atoms with Crippen LogP contribution >= 0.6 is 0 Å². The largest absolute Gasteiger partial charge is 0.449 e. The van der Waals surface area contributed by atoms with Gasteiger partial charge in [-0.1, -0.05) is 0 Å². The Morgan fingerprint density at radius 3 is 2.50 bits per heavy atom. The van der Waals surface area contributed by atoms with Crippen LogP contribution in [0.5, 0.6) is 0 Å². The first kappa shape index (κ1) is 8.48. The van der Waals surface area contributed by atoms with E-state index in [0.29, 0.717) is 0 Å². The smallest absolute Gasteiger partial charge is 0.191 e. The highest BCUT2D eigenvalue weighted by Crippen LogP contribution is 2.38. The van der Waals surface area contributed by atoms with Gasteiger partial charge in [-0.15, -0.1) is 0 Å². The summed E-state index contributed by atoms with van der Waals surface area (Å²) in [5.74, 6) is 0.784. The Morgan fingerprint density at radius 1 is 1.36 bits per heavy atom. The molecule has 0 unspecified atom stereocenters. The van der Waals surface area contributed by atoms with Crippen LogP contribution < -0.4 is 0 Å². The van der Waals surface area contributed by atoms with E-state index in [1.807, 2.05) is 6.92 Å². The monoisotopic (exact) mass is 192 g/mol. The maximum Gasteiger partial charge on any atom is 0.191 e. The van der Waals surface area contributed by atoms with Gasteiger partial charge >= 0.3 is 0 Å². The minimum absolute atomic E-state index is 0.784. The Balaban J connectivity index is 1.73. The Morgan fingerprint density at radius 2 is 2.00 bits per heavy atom. The number of hydrogen-bond acceptors (Lipinski definition) is 3. The number of nitrogens with zero attached hydrogens (tertiary/aromatic N) is 2. The highest BCUT2D eigenvalue weighted by Gasteiger charge is 2.39. The molecule has 14 heavy (non-hydrogen) atoms. The summed E-state index contributed by atoms with van der Waals surface area (Å²) in [6.07, 6.45) is 7.36. The zero-order valence-corrected chi connectivity index (χ0v) is 8.57. The summed E-state index contributed by atoms with van der Waals surface area (Å²) in [7, 11) is 0. The molecular formula is C11H16N2O. The third-order valence-corrected chi connectivity index (χ3v) is 3.62. The van der Waals surface area contributed by atoms with Gasteiger partial charge in [-0.3, -0.25) is 4.90 Å². The summed E-state index contributed by atoms with van der Waals surface area (Å²) in [6.45, 7) is 2.90. The maximum absolute atomic E-state index is 5.23. The first-order valence-electron chi connectivity index (χ1n) is 5.49. The van der Waals surface area contributed by atoms with Crippen molar-refractivity contribution in [2.75, 3.05) is 0 Å². The standard InChI is InChI=1S/C11H16N2O/c1-8-12-9(7-14-8)6-13-10-2-3-11(13)5-4-10/h7,10-11H,2-6H2,1H3. The van der Waals surface area contributed by atoms with E-state index in [9.17, 15) is 0 Å². The predicted molar refractivity (Wildman–Crippen MR) is 52.8 cm³/mol. The van der Waals surface area contributed by atoms with Crippen molar-refractivity contribution in [1.29, 1.82) is 0 Å². The first-order valence-corrected chi connectivity index (χ1v) is 5.49. The Bertz CT molecular complexity index is 314. The number of aromatic nitrogens is 1. The lowest BCUT2D eigenvalue weighted by Crippen LogP contribution is -2.27. The van der Waals surface area contributed by atoms with Gasteiger partial charge in [0, 0.05) is 25.6 Å². The molecule has 3 nitrogen and oxygen atoms in total. The topological polar surface area (TPSA) is 29.3 Å². The molecule has 3 rings (SSSR count). The van der Waals surface area contributed by atoms with E-state index in [0.717, 1.165) is 30.2 Å². The summed E-state index contributed by atoms with van der Waals surface area (Å²) in [6, 6.07) is 1.66. The van der Waals surface area contributed by atoms with Crippen molar-refractivity contribution >= 4 is 0 Å². The average molecular weight is 192 g/mol. The quantitative estimate of drug-likeness (QED) is 0.718. The van der Waals surface area contributed by atoms with E-state index in [4.69, 9.17) is 4.42 Å². The van der Waals surface area contributed by atoms with Gasteiger partial charge < -0.3 is 4.42 Å². The van der Waals surface area contributed by atoms with E-state index >= 15 is 0 Å². The number of aryl methyl sites for hydroxylation is 1. The second-order valence-corrected chi connectivity index (χ2v) is 4.49. The average Bonchev–Trinajstić information content (AvgIpc) is 2.85. The molecule has 0 saturated carbocycles. The van der Waals surface area contributed by atoms with Crippen molar-refractivity contribution in [2.24, 2.45) is 0 Å².